The molecule has 0 unspecified atom stereocenters. The van der Waals surface area contributed by atoms with E-state index in [1.807, 2.05) is 18.3 Å². The zero-order valence-corrected chi connectivity index (χ0v) is 13.2. The van der Waals surface area contributed by atoms with Crippen molar-refractivity contribution in [2.75, 3.05) is 7.05 Å². The summed E-state index contributed by atoms with van der Waals surface area (Å²) in [6, 6.07) is 15.2. The lowest BCUT2D eigenvalue weighted by atomic mass is 10.1. The summed E-state index contributed by atoms with van der Waals surface area (Å²) in [5.74, 6) is 0. The molecule has 0 saturated carbocycles. The fourth-order valence-corrected chi connectivity index (χ4v) is 2.31. The Labute approximate surface area is 128 Å². The maximum atomic E-state index is 4.39. The van der Waals surface area contributed by atoms with Gasteiger partial charge in [0, 0.05) is 31.9 Å². The van der Waals surface area contributed by atoms with E-state index < -0.39 is 0 Å². The van der Waals surface area contributed by atoms with E-state index in [1.54, 1.807) is 0 Å². The highest BCUT2D eigenvalue weighted by atomic mass is 15.1. The summed E-state index contributed by atoms with van der Waals surface area (Å²) in [4.78, 5) is 6.69. The third-order valence-corrected chi connectivity index (χ3v) is 3.42. The molecule has 2 aromatic rings. The van der Waals surface area contributed by atoms with E-state index in [-0.39, 0.29) is 0 Å². The smallest absolute Gasteiger partial charge is 0.0543 e. The summed E-state index contributed by atoms with van der Waals surface area (Å²) >= 11 is 0. The minimum Gasteiger partial charge on any atom is -0.310 e. The first-order valence-electron chi connectivity index (χ1n) is 7.54. The number of rotatable bonds is 7. The molecule has 3 nitrogen and oxygen atoms in total. The van der Waals surface area contributed by atoms with E-state index in [9.17, 15) is 0 Å². The molecule has 1 N–H and O–H groups in total. The molecule has 1 aromatic heterocycles. The van der Waals surface area contributed by atoms with Gasteiger partial charge in [-0.2, -0.15) is 0 Å². The molecule has 21 heavy (non-hydrogen) atoms. The number of hydrogen-bond donors (Lipinski definition) is 1. The van der Waals surface area contributed by atoms with Crippen molar-refractivity contribution in [3.63, 3.8) is 0 Å². The number of aromatic nitrogens is 1. The Morgan fingerprint density at radius 2 is 1.71 bits per heavy atom. The Balaban J connectivity index is 1.98. The van der Waals surface area contributed by atoms with Crippen LogP contribution in [0.25, 0.3) is 0 Å². The summed E-state index contributed by atoms with van der Waals surface area (Å²) in [6.07, 6.45) is 1.85. The van der Waals surface area contributed by atoms with E-state index in [1.165, 1.54) is 11.1 Å². The Morgan fingerprint density at radius 1 is 1.00 bits per heavy atom. The first-order valence-corrected chi connectivity index (χ1v) is 7.54. The molecule has 0 aliphatic rings. The van der Waals surface area contributed by atoms with Crippen LogP contribution in [0.15, 0.2) is 48.7 Å². The van der Waals surface area contributed by atoms with Gasteiger partial charge in [0.25, 0.3) is 0 Å². The highest BCUT2D eigenvalue weighted by Gasteiger charge is 2.07. The maximum Gasteiger partial charge on any atom is 0.0543 e. The third-order valence-electron chi connectivity index (χ3n) is 3.42. The van der Waals surface area contributed by atoms with Crippen LogP contribution < -0.4 is 5.32 Å². The van der Waals surface area contributed by atoms with Gasteiger partial charge in [0.2, 0.25) is 0 Å². The molecular formula is C18H25N3. The minimum atomic E-state index is 0.504. The van der Waals surface area contributed by atoms with Crippen LogP contribution in [0, 0.1) is 0 Å². The number of hydrogen-bond acceptors (Lipinski definition) is 3. The molecular weight excluding hydrogens is 258 g/mol. The van der Waals surface area contributed by atoms with Crippen molar-refractivity contribution in [2.45, 2.75) is 39.5 Å². The highest BCUT2D eigenvalue weighted by Crippen LogP contribution is 2.12. The molecule has 0 fully saturated rings. The van der Waals surface area contributed by atoms with Crippen molar-refractivity contribution in [1.29, 1.82) is 0 Å². The van der Waals surface area contributed by atoms with Gasteiger partial charge in [-0.1, -0.05) is 44.2 Å². The average molecular weight is 283 g/mol. The Kier molecular flexibility index (Phi) is 5.90. The molecule has 2 rings (SSSR count). The second-order valence-electron chi connectivity index (χ2n) is 5.80. The molecule has 0 radical (unpaired) electrons. The van der Waals surface area contributed by atoms with Crippen molar-refractivity contribution in [1.82, 2.24) is 15.2 Å². The van der Waals surface area contributed by atoms with Gasteiger partial charge in [0.05, 0.1) is 5.69 Å². The Hall–Kier alpha value is -1.71. The second-order valence-corrected chi connectivity index (χ2v) is 5.80. The quantitative estimate of drug-likeness (QED) is 0.845. The molecule has 112 valence electrons. The van der Waals surface area contributed by atoms with E-state index in [0.29, 0.717) is 6.04 Å². The summed E-state index contributed by atoms with van der Waals surface area (Å²) < 4.78 is 0. The van der Waals surface area contributed by atoms with Crippen LogP contribution in [0.4, 0.5) is 0 Å². The van der Waals surface area contributed by atoms with Gasteiger partial charge in [0.15, 0.2) is 0 Å². The van der Waals surface area contributed by atoms with Crippen molar-refractivity contribution < 1.29 is 0 Å². The van der Waals surface area contributed by atoms with Gasteiger partial charge in [-0.15, -0.1) is 0 Å². The summed E-state index contributed by atoms with van der Waals surface area (Å²) in [7, 11) is 2.14. The van der Waals surface area contributed by atoms with E-state index in [2.05, 4.69) is 66.4 Å². The standard InChI is InChI=1S/C18H25N3/c1-15(2)20-12-16-8-4-5-9-17(16)13-21(3)14-18-10-6-7-11-19-18/h4-11,15,20H,12-14H2,1-3H3. The average Bonchev–Trinajstić information content (AvgIpc) is 2.47. The van der Waals surface area contributed by atoms with Gasteiger partial charge in [-0.25, -0.2) is 0 Å². The SMILES string of the molecule is CC(C)NCc1ccccc1CN(C)Cc1ccccn1. The lowest BCUT2D eigenvalue weighted by molar-refractivity contribution is 0.313. The van der Waals surface area contributed by atoms with E-state index in [0.717, 1.165) is 25.3 Å². The van der Waals surface area contributed by atoms with E-state index in [4.69, 9.17) is 0 Å². The molecule has 0 saturated heterocycles. The fourth-order valence-electron chi connectivity index (χ4n) is 2.31. The van der Waals surface area contributed by atoms with Crippen LogP contribution in [-0.2, 0) is 19.6 Å². The minimum absolute atomic E-state index is 0.504. The van der Waals surface area contributed by atoms with Crippen LogP contribution in [-0.4, -0.2) is 23.0 Å². The van der Waals surface area contributed by atoms with Crippen molar-refractivity contribution in [3.8, 4) is 0 Å². The van der Waals surface area contributed by atoms with Crippen LogP contribution >= 0.6 is 0 Å². The number of nitrogens with one attached hydrogen (secondary N) is 1. The topological polar surface area (TPSA) is 28.2 Å². The van der Waals surface area contributed by atoms with Gasteiger partial charge < -0.3 is 5.32 Å². The van der Waals surface area contributed by atoms with Gasteiger partial charge in [-0.05, 0) is 30.3 Å². The zero-order valence-electron chi connectivity index (χ0n) is 13.2. The normalized spacial score (nSPS) is 11.3. The molecule has 0 bridgehead atoms. The molecule has 0 aliphatic heterocycles. The lowest BCUT2D eigenvalue weighted by Gasteiger charge is -2.19. The molecule has 1 aromatic carbocycles. The fraction of sp³-hybridized carbons (Fsp3) is 0.389. The molecule has 0 spiro atoms. The Morgan fingerprint density at radius 3 is 2.38 bits per heavy atom. The predicted octanol–water partition coefficient (Wildman–Crippen LogP) is 3.21. The molecule has 3 heteroatoms. The molecule has 1 heterocycles. The van der Waals surface area contributed by atoms with Crippen LogP contribution in [0.2, 0.25) is 0 Å². The van der Waals surface area contributed by atoms with Crippen LogP contribution in [0.5, 0.6) is 0 Å². The summed E-state index contributed by atoms with van der Waals surface area (Å²) in [5, 5.41) is 3.49. The number of benzene rings is 1. The lowest BCUT2D eigenvalue weighted by Crippen LogP contribution is -2.24. The van der Waals surface area contributed by atoms with Crippen LogP contribution in [0.1, 0.15) is 30.7 Å². The predicted molar refractivity (Wildman–Crippen MR) is 87.8 cm³/mol. The van der Waals surface area contributed by atoms with Crippen molar-refractivity contribution >= 4 is 0 Å². The second kappa shape index (κ2) is 7.91. The van der Waals surface area contributed by atoms with E-state index >= 15 is 0 Å². The molecule has 0 amide bonds. The third kappa shape index (κ3) is 5.29. The van der Waals surface area contributed by atoms with Gasteiger partial charge in [-0.3, -0.25) is 9.88 Å². The van der Waals surface area contributed by atoms with Gasteiger partial charge in [0.1, 0.15) is 0 Å². The Bertz CT molecular complexity index is 537. The van der Waals surface area contributed by atoms with Crippen molar-refractivity contribution in [3.05, 3.63) is 65.5 Å². The summed E-state index contributed by atoms with van der Waals surface area (Å²) in [5.41, 5.74) is 3.86. The first kappa shape index (κ1) is 15.7. The number of pyridine rings is 1. The maximum absolute atomic E-state index is 4.39. The highest BCUT2D eigenvalue weighted by molar-refractivity contribution is 5.27. The monoisotopic (exact) mass is 283 g/mol. The van der Waals surface area contributed by atoms with Crippen molar-refractivity contribution in [2.24, 2.45) is 0 Å². The summed E-state index contributed by atoms with van der Waals surface area (Å²) in [6.45, 7) is 7.08. The molecule has 0 aliphatic carbocycles. The largest absolute Gasteiger partial charge is 0.310 e. The molecule has 0 atom stereocenters. The number of nitrogens with zero attached hydrogens (tertiary/aromatic N) is 2. The van der Waals surface area contributed by atoms with Gasteiger partial charge >= 0.3 is 0 Å². The van der Waals surface area contributed by atoms with Crippen LogP contribution in [0.3, 0.4) is 0 Å². The first-order chi connectivity index (χ1) is 10.1. The zero-order chi connectivity index (χ0) is 15.1.